The van der Waals surface area contributed by atoms with Gasteiger partial charge in [-0.05, 0) is 62.5 Å². The van der Waals surface area contributed by atoms with Gasteiger partial charge in [0.15, 0.2) is 0 Å². The van der Waals surface area contributed by atoms with Crippen LogP contribution in [0.25, 0.3) is 0 Å². The molecule has 1 aliphatic carbocycles. The van der Waals surface area contributed by atoms with Gasteiger partial charge in [-0.15, -0.1) is 11.3 Å². The van der Waals surface area contributed by atoms with E-state index in [2.05, 4.69) is 33.3 Å². The van der Waals surface area contributed by atoms with Crippen LogP contribution >= 0.6 is 11.3 Å². The second-order valence-corrected chi connectivity index (χ2v) is 8.74. The fourth-order valence-electron chi connectivity index (χ4n) is 4.38. The third kappa shape index (κ3) is 3.68. The highest BCUT2D eigenvalue weighted by molar-refractivity contribution is 7.09. The van der Waals surface area contributed by atoms with Gasteiger partial charge in [0.25, 0.3) is 0 Å². The minimum atomic E-state index is -0.353. The minimum Gasteiger partial charge on any atom is -0.366 e. The van der Waals surface area contributed by atoms with E-state index in [0.717, 1.165) is 26.2 Å². The molecule has 6 heteroatoms. The van der Waals surface area contributed by atoms with Crippen LogP contribution < -0.4 is 5.73 Å². The van der Waals surface area contributed by atoms with Gasteiger partial charge >= 0.3 is 0 Å². The van der Waals surface area contributed by atoms with E-state index in [0.29, 0.717) is 17.0 Å². The molecular formula is C20H26N4OS. The predicted molar refractivity (Wildman–Crippen MR) is 104 cm³/mol. The monoisotopic (exact) mass is 370 g/mol. The number of nitrogens with zero attached hydrogens (tertiary/aromatic N) is 3. The SMILES string of the molecule is CN(Cc1nccs1)[C@@H]1CC12CCN(Cc1cccc(C(N)=O)c1)CC2. The summed E-state index contributed by atoms with van der Waals surface area (Å²) in [4.78, 5) is 20.8. The summed E-state index contributed by atoms with van der Waals surface area (Å²) in [6.07, 6.45) is 5.73. The summed E-state index contributed by atoms with van der Waals surface area (Å²) in [6.45, 7) is 4.12. The average molecular weight is 371 g/mol. The maximum atomic E-state index is 11.4. The van der Waals surface area contributed by atoms with Crippen LogP contribution in [0.2, 0.25) is 0 Å². The first kappa shape index (κ1) is 17.6. The van der Waals surface area contributed by atoms with Crippen molar-refractivity contribution in [2.45, 2.75) is 38.4 Å². The third-order valence-corrected chi connectivity index (χ3v) is 6.78. The van der Waals surface area contributed by atoms with Crippen LogP contribution in [0.15, 0.2) is 35.8 Å². The van der Waals surface area contributed by atoms with Crippen molar-refractivity contribution in [2.75, 3.05) is 20.1 Å². The van der Waals surface area contributed by atoms with Crippen molar-refractivity contribution in [1.82, 2.24) is 14.8 Å². The molecule has 0 bridgehead atoms. The number of hydrogen-bond acceptors (Lipinski definition) is 5. The molecule has 1 aromatic heterocycles. The van der Waals surface area contributed by atoms with Gasteiger partial charge in [0.1, 0.15) is 5.01 Å². The Bertz CT molecular complexity index is 768. The summed E-state index contributed by atoms with van der Waals surface area (Å²) in [7, 11) is 2.24. The van der Waals surface area contributed by atoms with Crippen molar-refractivity contribution in [1.29, 1.82) is 0 Å². The van der Waals surface area contributed by atoms with Crippen LogP contribution in [0.5, 0.6) is 0 Å². The number of likely N-dealkylation sites (tertiary alicyclic amines) is 1. The average Bonchev–Trinajstić information content (AvgIpc) is 3.08. The molecule has 1 spiro atoms. The van der Waals surface area contributed by atoms with Crippen molar-refractivity contribution < 1.29 is 4.79 Å². The molecule has 5 nitrogen and oxygen atoms in total. The van der Waals surface area contributed by atoms with Crippen molar-refractivity contribution in [3.05, 3.63) is 52.0 Å². The summed E-state index contributed by atoms with van der Waals surface area (Å²) < 4.78 is 0. The van der Waals surface area contributed by atoms with E-state index in [-0.39, 0.29) is 5.91 Å². The number of amides is 1. The second-order valence-electron chi connectivity index (χ2n) is 7.76. The predicted octanol–water partition coefficient (Wildman–Crippen LogP) is 2.73. The number of hydrogen-bond donors (Lipinski definition) is 1. The van der Waals surface area contributed by atoms with E-state index in [1.807, 2.05) is 18.3 Å². The smallest absolute Gasteiger partial charge is 0.248 e. The normalized spacial score (nSPS) is 22.0. The largest absolute Gasteiger partial charge is 0.366 e. The molecule has 1 aromatic carbocycles. The van der Waals surface area contributed by atoms with Gasteiger partial charge in [-0.2, -0.15) is 0 Å². The molecule has 1 amide bonds. The van der Waals surface area contributed by atoms with Crippen LogP contribution in [0.3, 0.4) is 0 Å². The number of primary amides is 1. The van der Waals surface area contributed by atoms with Gasteiger partial charge in [0.05, 0.1) is 6.54 Å². The van der Waals surface area contributed by atoms with E-state index < -0.39 is 0 Å². The lowest BCUT2D eigenvalue weighted by Gasteiger charge is -2.34. The van der Waals surface area contributed by atoms with E-state index in [9.17, 15) is 4.79 Å². The fraction of sp³-hybridized carbons (Fsp3) is 0.500. The molecule has 2 fully saturated rings. The zero-order valence-electron chi connectivity index (χ0n) is 15.2. The first-order chi connectivity index (χ1) is 12.6. The molecule has 4 rings (SSSR count). The Labute approximate surface area is 158 Å². The Morgan fingerprint density at radius 1 is 1.42 bits per heavy atom. The summed E-state index contributed by atoms with van der Waals surface area (Å²) in [5.41, 5.74) is 7.67. The lowest BCUT2D eigenvalue weighted by atomic mass is 9.92. The summed E-state index contributed by atoms with van der Waals surface area (Å²) in [5.74, 6) is -0.353. The third-order valence-electron chi connectivity index (χ3n) is 6.02. The summed E-state index contributed by atoms with van der Waals surface area (Å²) in [5, 5.41) is 3.26. The molecule has 26 heavy (non-hydrogen) atoms. The zero-order chi connectivity index (χ0) is 18.1. The number of rotatable bonds is 6. The molecule has 1 atom stereocenters. The zero-order valence-corrected chi connectivity index (χ0v) is 16.0. The number of aromatic nitrogens is 1. The molecule has 2 aromatic rings. The van der Waals surface area contributed by atoms with Crippen molar-refractivity contribution in [2.24, 2.45) is 11.1 Å². The Morgan fingerprint density at radius 2 is 2.23 bits per heavy atom. The molecule has 138 valence electrons. The van der Waals surface area contributed by atoms with E-state index >= 15 is 0 Å². The first-order valence-corrected chi connectivity index (χ1v) is 10.1. The Balaban J connectivity index is 1.29. The lowest BCUT2D eigenvalue weighted by molar-refractivity contribution is 0.1000. The number of carbonyl (C=O) groups is 1. The Hall–Kier alpha value is -1.76. The number of nitrogens with two attached hydrogens (primary N) is 1. The van der Waals surface area contributed by atoms with Gasteiger partial charge in [0, 0.05) is 29.7 Å². The number of thiazole rings is 1. The molecule has 1 saturated carbocycles. The minimum absolute atomic E-state index is 0.353. The van der Waals surface area contributed by atoms with Gasteiger partial charge < -0.3 is 5.73 Å². The van der Waals surface area contributed by atoms with Crippen LogP contribution in [-0.2, 0) is 13.1 Å². The number of benzene rings is 1. The van der Waals surface area contributed by atoms with Crippen molar-refractivity contribution in [3.63, 3.8) is 0 Å². The van der Waals surface area contributed by atoms with Crippen LogP contribution in [0.1, 0.15) is 40.2 Å². The Morgan fingerprint density at radius 3 is 2.92 bits per heavy atom. The van der Waals surface area contributed by atoms with Gasteiger partial charge in [-0.1, -0.05) is 12.1 Å². The standard InChI is InChI=1S/C20H26N4OS/c1-23(14-18-22-7-10-26-18)17-12-20(17)5-8-24(9-6-20)13-15-3-2-4-16(11-15)19(21)25/h2-4,7,10-11,17H,5-6,8-9,12-14H2,1H3,(H2,21,25)/t17-/m1/s1. The number of piperidine rings is 1. The Kier molecular flexibility index (Phi) is 4.82. The highest BCUT2D eigenvalue weighted by atomic mass is 32.1. The molecule has 2 aliphatic rings. The second kappa shape index (κ2) is 7.10. The summed E-state index contributed by atoms with van der Waals surface area (Å²) in [6, 6.07) is 8.41. The summed E-state index contributed by atoms with van der Waals surface area (Å²) >= 11 is 1.74. The lowest BCUT2D eigenvalue weighted by Crippen LogP contribution is -2.37. The highest BCUT2D eigenvalue weighted by Crippen LogP contribution is 2.56. The molecule has 2 heterocycles. The quantitative estimate of drug-likeness (QED) is 0.849. The highest BCUT2D eigenvalue weighted by Gasteiger charge is 2.56. The van der Waals surface area contributed by atoms with Gasteiger partial charge in [-0.25, -0.2) is 4.98 Å². The molecule has 1 saturated heterocycles. The first-order valence-electron chi connectivity index (χ1n) is 9.25. The molecule has 1 aliphatic heterocycles. The van der Waals surface area contributed by atoms with Crippen LogP contribution in [0.4, 0.5) is 0 Å². The molecular weight excluding hydrogens is 344 g/mol. The van der Waals surface area contributed by atoms with Crippen molar-refractivity contribution >= 4 is 17.2 Å². The maximum Gasteiger partial charge on any atom is 0.248 e. The van der Waals surface area contributed by atoms with Gasteiger partial charge in [0.2, 0.25) is 5.91 Å². The van der Waals surface area contributed by atoms with E-state index in [4.69, 9.17) is 5.73 Å². The van der Waals surface area contributed by atoms with E-state index in [1.54, 1.807) is 17.4 Å². The van der Waals surface area contributed by atoms with Crippen molar-refractivity contribution in [3.8, 4) is 0 Å². The van der Waals surface area contributed by atoms with E-state index in [1.165, 1.54) is 29.8 Å². The van der Waals surface area contributed by atoms with Crippen LogP contribution in [-0.4, -0.2) is 46.9 Å². The fourth-order valence-corrected chi connectivity index (χ4v) is 5.06. The van der Waals surface area contributed by atoms with Gasteiger partial charge in [-0.3, -0.25) is 14.6 Å². The molecule has 2 N–H and O–H groups in total. The topological polar surface area (TPSA) is 62.5 Å². The molecule has 0 radical (unpaired) electrons. The molecule has 0 unspecified atom stereocenters. The maximum absolute atomic E-state index is 11.4. The van der Waals surface area contributed by atoms with Crippen LogP contribution in [0, 0.1) is 5.41 Å². The number of carbonyl (C=O) groups excluding carboxylic acids is 1.